The molecule has 0 bridgehead atoms. The summed E-state index contributed by atoms with van der Waals surface area (Å²) >= 11 is 0. The van der Waals surface area contributed by atoms with E-state index in [1.54, 1.807) is 16.7 Å². The predicted octanol–water partition coefficient (Wildman–Crippen LogP) is 5.55. The van der Waals surface area contributed by atoms with E-state index in [4.69, 9.17) is 14.2 Å². The second-order valence-corrected chi connectivity index (χ2v) is 10.6. The van der Waals surface area contributed by atoms with E-state index in [0.29, 0.717) is 5.41 Å². The van der Waals surface area contributed by atoms with Crippen LogP contribution in [0.5, 0.6) is 0 Å². The molecule has 154 valence electrons. The predicted molar refractivity (Wildman–Crippen MR) is 109 cm³/mol. The van der Waals surface area contributed by atoms with E-state index >= 15 is 0 Å². The van der Waals surface area contributed by atoms with Crippen molar-refractivity contribution >= 4 is 0 Å². The number of unbranched alkanes of at least 4 members (excludes halogenated alkanes) is 1. The maximum atomic E-state index is 6.65. The van der Waals surface area contributed by atoms with Crippen molar-refractivity contribution in [3.05, 3.63) is 22.8 Å². The van der Waals surface area contributed by atoms with E-state index in [1.165, 1.54) is 44.9 Å². The van der Waals surface area contributed by atoms with Gasteiger partial charge in [0.15, 0.2) is 5.79 Å². The topological polar surface area (TPSA) is 27.7 Å². The van der Waals surface area contributed by atoms with Gasteiger partial charge in [0.25, 0.3) is 0 Å². The van der Waals surface area contributed by atoms with E-state index in [2.05, 4.69) is 19.9 Å². The molecule has 0 aromatic heterocycles. The molecule has 0 radical (unpaired) electrons. The van der Waals surface area contributed by atoms with Gasteiger partial charge in [0.05, 0.1) is 18.8 Å². The van der Waals surface area contributed by atoms with Crippen molar-refractivity contribution in [1.82, 2.24) is 0 Å². The highest BCUT2D eigenvalue weighted by atomic mass is 16.7. The Kier molecular flexibility index (Phi) is 4.01. The first-order valence-electron chi connectivity index (χ1n) is 11.9. The monoisotopic (exact) mass is 384 g/mol. The minimum Gasteiger partial charge on any atom is -0.374 e. The number of allylic oxidation sites excluding steroid dienone is 3. The summed E-state index contributed by atoms with van der Waals surface area (Å²) in [5.74, 6) is 2.16. The van der Waals surface area contributed by atoms with Crippen LogP contribution in [0.4, 0.5) is 0 Å². The molecule has 0 unspecified atom stereocenters. The van der Waals surface area contributed by atoms with Crippen LogP contribution in [0.3, 0.4) is 0 Å². The van der Waals surface area contributed by atoms with E-state index in [1.807, 2.05) is 0 Å². The standard InChI is InChI=1S/C25H36O3/c1-3-4-11-28-25-16-18(25)14-22-21-6-5-17-15-24(26-12-13-27-24)10-8-19(17)20(21)7-9-23(22,25)2/h7,18,21-22H,3-6,8-16H2,1-2H3/t18-,21+,22-,23-,25-/m0/s1. The lowest BCUT2D eigenvalue weighted by Crippen LogP contribution is -2.46. The van der Waals surface area contributed by atoms with Crippen LogP contribution in [-0.4, -0.2) is 31.2 Å². The second kappa shape index (κ2) is 6.18. The third kappa shape index (κ3) is 2.33. The average molecular weight is 385 g/mol. The normalized spacial score (nSPS) is 45.4. The lowest BCUT2D eigenvalue weighted by molar-refractivity contribution is -0.164. The van der Waals surface area contributed by atoms with Crippen molar-refractivity contribution in [2.45, 2.75) is 89.4 Å². The first kappa shape index (κ1) is 18.2. The molecular formula is C25H36O3. The SMILES string of the molecule is CCCCO[C@@]12C[C@@H]1C[C@H]1[C@@H]3CCC4=C(CCC5(C4)OCCO5)C3=CC[C@@]12C. The molecule has 0 aromatic carbocycles. The van der Waals surface area contributed by atoms with E-state index in [-0.39, 0.29) is 11.4 Å². The van der Waals surface area contributed by atoms with Gasteiger partial charge in [-0.05, 0) is 73.8 Å². The molecule has 1 aliphatic heterocycles. The minimum absolute atomic E-state index is 0.214. The maximum Gasteiger partial charge on any atom is 0.172 e. The smallest absolute Gasteiger partial charge is 0.172 e. The number of rotatable bonds is 4. The van der Waals surface area contributed by atoms with Crippen LogP contribution >= 0.6 is 0 Å². The van der Waals surface area contributed by atoms with Gasteiger partial charge < -0.3 is 14.2 Å². The van der Waals surface area contributed by atoms with Crippen LogP contribution in [0, 0.1) is 23.2 Å². The zero-order valence-corrected chi connectivity index (χ0v) is 17.7. The molecule has 5 atom stereocenters. The molecule has 6 rings (SSSR count). The molecule has 0 N–H and O–H groups in total. The largest absolute Gasteiger partial charge is 0.374 e. The Morgan fingerprint density at radius 3 is 2.89 bits per heavy atom. The molecule has 6 aliphatic rings. The Bertz CT molecular complexity index is 730. The lowest BCUT2D eigenvalue weighted by atomic mass is 9.56. The van der Waals surface area contributed by atoms with E-state index in [0.717, 1.165) is 56.8 Å². The maximum absolute atomic E-state index is 6.65. The highest BCUT2D eigenvalue weighted by molar-refractivity contribution is 5.46. The fourth-order valence-electron chi connectivity index (χ4n) is 7.90. The summed E-state index contributed by atoms with van der Waals surface area (Å²) < 4.78 is 18.7. The molecule has 1 spiro atoms. The van der Waals surface area contributed by atoms with Crippen molar-refractivity contribution in [2.24, 2.45) is 23.2 Å². The molecule has 3 heteroatoms. The van der Waals surface area contributed by atoms with Crippen molar-refractivity contribution in [1.29, 1.82) is 0 Å². The van der Waals surface area contributed by atoms with Gasteiger partial charge in [-0.2, -0.15) is 0 Å². The summed E-state index contributed by atoms with van der Waals surface area (Å²) in [5, 5.41) is 0. The highest BCUT2D eigenvalue weighted by Crippen LogP contribution is 2.75. The van der Waals surface area contributed by atoms with Gasteiger partial charge in [-0.3, -0.25) is 0 Å². The van der Waals surface area contributed by atoms with Gasteiger partial charge in [0.1, 0.15) is 0 Å². The van der Waals surface area contributed by atoms with Crippen LogP contribution in [0.15, 0.2) is 22.8 Å². The summed E-state index contributed by atoms with van der Waals surface area (Å²) in [6, 6.07) is 0. The lowest BCUT2D eigenvalue weighted by Gasteiger charge is -2.50. The van der Waals surface area contributed by atoms with Crippen LogP contribution in [0.1, 0.15) is 78.1 Å². The summed E-state index contributed by atoms with van der Waals surface area (Å²) in [6.07, 6.45) is 14.9. The van der Waals surface area contributed by atoms with Crippen molar-refractivity contribution in [3.63, 3.8) is 0 Å². The summed E-state index contributed by atoms with van der Waals surface area (Å²) in [6.45, 7) is 7.35. The molecule has 3 nitrogen and oxygen atoms in total. The highest BCUT2D eigenvalue weighted by Gasteiger charge is 2.74. The van der Waals surface area contributed by atoms with Crippen LogP contribution in [0.2, 0.25) is 0 Å². The van der Waals surface area contributed by atoms with Gasteiger partial charge in [-0.15, -0.1) is 0 Å². The minimum atomic E-state index is -0.276. The first-order chi connectivity index (χ1) is 13.6. The molecular weight excluding hydrogens is 348 g/mol. The van der Waals surface area contributed by atoms with E-state index < -0.39 is 0 Å². The zero-order chi connectivity index (χ0) is 19.0. The number of hydrogen-bond donors (Lipinski definition) is 0. The fraction of sp³-hybridized carbons (Fsp3) is 0.840. The van der Waals surface area contributed by atoms with Crippen molar-refractivity contribution in [2.75, 3.05) is 19.8 Å². The van der Waals surface area contributed by atoms with E-state index in [9.17, 15) is 0 Å². The number of hydrogen-bond acceptors (Lipinski definition) is 3. The molecule has 1 saturated heterocycles. The zero-order valence-electron chi connectivity index (χ0n) is 17.7. The Morgan fingerprint density at radius 1 is 1.21 bits per heavy atom. The quantitative estimate of drug-likeness (QED) is 0.595. The van der Waals surface area contributed by atoms with Crippen LogP contribution < -0.4 is 0 Å². The third-order valence-corrected chi connectivity index (χ3v) is 9.45. The van der Waals surface area contributed by atoms with Gasteiger partial charge in [0.2, 0.25) is 0 Å². The summed E-state index contributed by atoms with van der Waals surface area (Å²) in [5.41, 5.74) is 5.65. The first-order valence-corrected chi connectivity index (χ1v) is 11.9. The molecule has 2 saturated carbocycles. The van der Waals surface area contributed by atoms with Crippen molar-refractivity contribution in [3.8, 4) is 0 Å². The number of fused-ring (bicyclic) bond motifs is 6. The summed E-state index contributed by atoms with van der Waals surface area (Å²) in [4.78, 5) is 0. The Labute approximate surface area is 169 Å². The summed E-state index contributed by atoms with van der Waals surface area (Å²) in [7, 11) is 0. The third-order valence-electron chi connectivity index (χ3n) is 9.45. The molecule has 0 aromatic rings. The molecule has 28 heavy (non-hydrogen) atoms. The fourth-order valence-corrected chi connectivity index (χ4v) is 7.90. The number of ether oxygens (including phenoxy) is 3. The molecule has 0 amide bonds. The van der Waals surface area contributed by atoms with Gasteiger partial charge in [-0.1, -0.05) is 31.9 Å². The molecule has 5 aliphatic carbocycles. The average Bonchev–Trinajstić information content (AvgIpc) is 3.13. The van der Waals surface area contributed by atoms with Crippen molar-refractivity contribution < 1.29 is 14.2 Å². The Morgan fingerprint density at radius 2 is 2.07 bits per heavy atom. The van der Waals surface area contributed by atoms with Gasteiger partial charge in [-0.25, -0.2) is 0 Å². The molecule has 3 fully saturated rings. The Balaban J connectivity index is 1.27. The second-order valence-electron chi connectivity index (χ2n) is 10.6. The van der Waals surface area contributed by atoms with Crippen LogP contribution in [0.25, 0.3) is 0 Å². The van der Waals surface area contributed by atoms with Crippen LogP contribution in [-0.2, 0) is 14.2 Å². The Hall–Kier alpha value is -0.640. The van der Waals surface area contributed by atoms with Gasteiger partial charge in [0, 0.05) is 24.9 Å². The van der Waals surface area contributed by atoms with Gasteiger partial charge >= 0.3 is 0 Å². The molecule has 1 heterocycles.